The van der Waals surface area contributed by atoms with Gasteiger partial charge in [-0.15, -0.1) is 0 Å². The van der Waals surface area contributed by atoms with Gasteiger partial charge < -0.3 is 13.8 Å². The number of hydrogen-bond acceptors (Lipinski definition) is 7. The fourth-order valence-electron chi connectivity index (χ4n) is 5.89. The number of nitrogens with zero attached hydrogens (tertiary/aromatic N) is 1. The molecule has 9 heteroatoms. The molecule has 206 valence electrons. The van der Waals surface area contributed by atoms with Gasteiger partial charge in [0.25, 0.3) is 0 Å². The van der Waals surface area contributed by atoms with Gasteiger partial charge in [-0.2, -0.15) is 8.42 Å². The Labute approximate surface area is 234 Å². The molecule has 0 N–H and O–H groups in total. The van der Waals surface area contributed by atoms with E-state index in [2.05, 4.69) is 4.90 Å². The molecule has 3 aliphatic rings. The second-order valence-electron chi connectivity index (χ2n) is 10.1. The average Bonchev–Trinajstić information content (AvgIpc) is 2.90. The number of ether oxygens (including phenoxy) is 1. The van der Waals surface area contributed by atoms with Gasteiger partial charge in [-0.3, -0.25) is 9.59 Å². The van der Waals surface area contributed by atoms with Gasteiger partial charge in [0.2, 0.25) is 5.75 Å². The quantitative estimate of drug-likeness (QED) is 0.364. The van der Waals surface area contributed by atoms with E-state index in [9.17, 15) is 18.0 Å². The Hall–Kier alpha value is -3.10. The standard InChI is InChI=1S/C30H32ClNO6S/c1-4-32-22-8-6-10-24(33)28(22)27(29-23(32)9-7-11-25(29)34)19-16-21(31)30(26(17-19)37-5-2)38-39(35,36)20-14-12-18(3)13-15-20/h12-17,27H,4-11H2,1-3H3. The second-order valence-corrected chi connectivity index (χ2v) is 12.0. The molecule has 5 rings (SSSR count). The Morgan fingerprint density at radius 1 is 0.923 bits per heavy atom. The summed E-state index contributed by atoms with van der Waals surface area (Å²) in [5.41, 5.74) is 4.75. The first-order valence-electron chi connectivity index (χ1n) is 13.4. The van der Waals surface area contributed by atoms with Gasteiger partial charge in [-0.05, 0) is 76.3 Å². The number of allylic oxidation sites excluding steroid dienone is 4. The molecule has 0 atom stereocenters. The van der Waals surface area contributed by atoms with Gasteiger partial charge in [0.1, 0.15) is 4.90 Å². The molecule has 2 aliphatic carbocycles. The number of ketones is 2. The normalized spacial score (nSPS) is 18.3. The summed E-state index contributed by atoms with van der Waals surface area (Å²) in [7, 11) is -4.20. The van der Waals surface area contributed by atoms with E-state index >= 15 is 0 Å². The third kappa shape index (κ3) is 5.00. The minimum Gasteiger partial charge on any atom is -0.490 e. The molecule has 0 saturated heterocycles. The van der Waals surface area contributed by atoms with Gasteiger partial charge in [0, 0.05) is 47.8 Å². The van der Waals surface area contributed by atoms with Gasteiger partial charge in [0.15, 0.2) is 17.3 Å². The molecule has 0 bridgehead atoms. The van der Waals surface area contributed by atoms with Crippen LogP contribution in [0.15, 0.2) is 63.8 Å². The topological polar surface area (TPSA) is 90.0 Å². The number of halogens is 1. The first kappa shape index (κ1) is 27.5. The van der Waals surface area contributed by atoms with Crippen molar-refractivity contribution in [2.75, 3.05) is 13.2 Å². The largest absolute Gasteiger partial charge is 0.490 e. The lowest BCUT2D eigenvalue weighted by Gasteiger charge is -2.43. The van der Waals surface area contributed by atoms with Crippen molar-refractivity contribution in [1.29, 1.82) is 0 Å². The smallest absolute Gasteiger partial charge is 0.339 e. The lowest BCUT2D eigenvalue weighted by atomic mass is 9.71. The lowest BCUT2D eigenvalue weighted by molar-refractivity contribution is -0.117. The predicted molar refractivity (Wildman–Crippen MR) is 149 cm³/mol. The van der Waals surface area contributed by atoms with Crippen molar-refractivity contribution in [1.82, 2.24) is 4.90 Å². The van der Waals surface area contributed by atoms with E-state index in [1.807, 2.05) is 13.8 Å². The molecule has 1 heterocycles. The first-order valence-corrected chi connectivity index (χ1v) is 15.2. The van der Waals surface area contributed by atoms with Crippen molar-refractivity contribution < 1.29 is 26.9 Å². The van der Waals surface area contributed by atoms with Gasteiger partial charge >= 0.3 is 10.1 Å². The summed E-state index contributed by atoms with van der Waals surface area (Å²) in [6, 6.07) is 9.59. The Bertz CT molecular complexity index is 1460. The zero-order chi connectivity index (χ0) is 27.9. The number of rotatable bonds is 7. The maximum Gasteiger partial charge on any atom is 0.339 e. The van der Waals surface area contributed by atoms with Crippen LogP contribution in [-0.4, -0.2) is 38.0 Å². The Morgan fingerprint density at radius 3 is 2.05 bits per heavy atom. The van der Waals surface area contributed by atoms with E-state index in [-0.39, 0.29) is 39.6 Å². The summed E-state index contributed by atoms with van der Waals surface area (Å²) < 4.78 is 37.5. The third-order valence-corrected chi connectivity index (χ3v) is 9.09. The fraction of sp³-hybridized carbons (Fsp3) is 0.400. The highest BCUT2D eigenvalue weighted by atomic mass is 35.5. The predicted octanol–water partition coefficient (Wildman–Crippen LogP) is 6.25. The Kier molecular flexibility index (Phi) is 7.62. The molecule has 0 saturated carbocycles. The number of benzene rings is 2. The van der Waals surface area contributed by atoms with Crippen molar-refractivity contribution in [2.45, 2.75) is 70.1 Å². The van der Waals surface area contributed by atoms with Crippen molar-refractivity contribution in [3.63, 3.8) is 0 Å². The number of hydrogen-bond donors (Lipinski definition) is 0. The molecule has 2 aromatic carbocycles. The summed E-state index contributed by atoms with van der Waals surface area (Å²) in [5.74, 6) is -0.508. The van der Waals surface area contributed by atoms with Crippen LogP contribution in [0.5, 0.6) is 11.5 Å². The Balaban J connectivity index is 1.65. The molecule has 0 radical (unpaired) electrons. The maximum atomic E-state index is 13.4. The SMILES string of the molecule is CCOc1cc(C2C3=C(CCCC3=O)N(CC)C3=C2C(=O)CCC3)cc(Cl)c1OS(=O)(=O)c1ccc(C)cc1. The van der Waals surface area contributed by atoms with E-state index in [1.165, 1.54) is 12.1 Å². The molecule has 2 aromatic rings. The molecule has 0 aromatic heterocycles. The minimum atomic E-state index is -4.20. The maximum absolute atomic E-state index is 13.4. The van der Waals surface area contributed by atoms with Crippen molar-refractivity contribution in [3.8, 4) is 11.5 Å². The highest BCUT2D eigenvalue weighted by molar-refractivity contribution is 7.87. The number of carbonyl (C=O) groups excluding carboxylic acids is 2. The van der Waals surface area contributed by atoms with Crippen LogP contribution in [0.25, 0.3) is 0 Å². The molecule has 0 unspecified atom stereocenters. The summed E-state index contributed by atoms with van der Waals surface area (Å²) in [6.45, 7) is 6.59. The van der Waals surface area contributed by atoms with Gasteiger partial charge in [-0.1, -0.05) is 29.3 Å². The number of aryl methyl sites for hydroxylation is 1. The first-order chi connectivity index (χ1) is 18.7. The number of Topliss-reactive ketones (excluding diaryl/α,β-unsaturated/α-hetero) is 2. The molecule has 0 fully saturated rings. The number of carbonyl (C=O) groups is 2. The van der Waals surface area contributed by atoms with Crippen LogP contribution in [0.3, 0.4) is 0 Å². The zero-order valence-corrected chi connectivity index (χ0v) is 24.0. The van der Waals surface area contributed by atoms with E-state index in [0.717, 1.165) is 42.6 Å². The van der Waals surface area contributed by atoms with Crippen LogP contribution in [0.2, 0.25) is 5.02 Å². The van der Waals surface area contributed by atoms with Crippen LogP contribution in [0, 0.1) is 6.92 Å². The molecule has 0 spiro atoms. The van der Waals surface area contributed by atoms with Crippen molar-refractivity contribution in [2.24, 2.45) is 0 Å². The summed E-state index contributed by atoms with van der Waals surface area (Å²) >= 11 is 6.71. The summed E-state index contributed by atoms with van der Waals surface area (Å²) in [4.78, 5) is 29.0. The Morgan fingerprint density at radius 2 is 1.51 bits per heavy atom. The summed E-state index contributed by atoms with van der Waals surface area (Å²) in [5, 5.41) is 0.0281. The molecular formula is C30H32ClNO6S. The molecular weight excluding hydrogens is 538 g/mol. The van der Waals surface area contributed by atoms with Gasteiger partial charge in [0.05, 0.1) is 11.6 Å². The van der Waals surface area contributed by atoms with E-state index in [1.54, 1.807) is 31.2 Å². The third-order valence-electron chi connectivity index (χ3n) is 7.57. The molecule has 1 aliphatic heterocycles. The molecule has 7 nitrogen and oxygen atoms in total. The van der Waals surface area contributed by atoms with E-state index in [0.29, 0.717) is 36.1 Å². The molecule has 39 heavy (non-hydrogen) atoms. The highest BCUT2D eigenvalue weighted by Gasteiger charge is 2.43. The monoisotopic (exact) mass is 569 g/mol. The highest BCUT2D eigenvalue weighted by Crippen LogP contribution is 2.51. The molecule has 0 amide bonds. The van der Waals surface area contributed by atoms with Gasteiger partial charge in [-0.25, -0.2) is 0 Å². The van der Waals surface area contributed by atoms with Crippen LogP contribution in [0.4, 0.5) is 0 Å². The van der Waals surface area contributed by atoms with Crippen LogP contribution >= 0.6 is 11.6 Å². The lowest BCUT2D eigenvalue weighted by Crippen LogP contribution is -2.39. The zero-order valence-electron chi connectivity index (χ0n) is 22.4. The van der Waals surface area contributed by atoms with Crippen molar-refractivity contribution >= 4 is 33.3 Å². The fourth-order valence-corrected chi connectivity index (χ4v) is 7.15. The van der Waals surface area contributed by atoms with Crippen LogP contribution in [-0.2, 0) is 19.7 Å². The average molecular weight is 570 g/mol. The summed E-state index contributed by atoms with van der Waals surface area (Å²) in [6.07, 6.45) is 3.91. The van der Waals surface area contributed by atoms with E-state index in [4.69, 9.17) is 20.5 Å². The van der Waals surface area contributed by atoms with Crippen molar-refractivity contribution in [3.05, 3.63) is 75.1 Å². The van der Waals surface area contributed by atoms with Crippen LogP contribution in [0.1, 0.15) is 69.4 Å². The second kappa shape index (κ2) is 10.8. The minimum absolute atomic E-state index is 0.00664. The van der Waals surface area contributed by atoms with E-state index < -0.39 is 16.0 Å². The van der Waals surface area contributed by atoms with Crippen LogP contribution < -0.4 is 8.92 Å².